The van der Waals surface area contributed by atoms with Crippen molar-refractivity contribution in [1.29, 1.82) is 0 Å². The Morgan fingerprint density at radius 1 is 1.22 bits per heavy atom. The Hall–Kier alpha value is -2.51. The maximum atomic E-state index is 13.5. The topological polar surface area (TPSA) is 60.7 Å². The van der Waals surface area contributed by atoms with Crippen molar-refractivity contribution in [3.63, 3.8) is 0 Å². The molecule has 0 N–H and O–H groups in total. The highest BCUT2D eigenvalue weighted by Crippen LogP contribution is 2.19. The number of carbonyl (C=O) groups excluding carboxylic acids is 2. The van der Waals surface area contributed by atoms with E-state index in [1.54, 1.807) is 41.8 Å². The fraction of sp³-hybridized carbons (Fsp3) is 0.211. The minimum Gasteiger partial charge on any atom is -0.465 e. The van der Waals surface area contributed by atoms with Gasteiger partial charge < -0.3 is 9.30 Å². The van der Waals surface area contributed by atoms with Crippen molar-refractivity contribution in [2.75, 3.05) is 6.61 Å². The van der Waals surface area contributed by atoms with Gasteiger partial charge in [-0.15, -0.1) is 0 Å². The van der Waals surface area contributed by atoms with E-state index in [0.717, 1.165) is 16.9 Å². The lowest BCUT2D eigenvalue weighted by molar-refractivity contribution is -0.143. The SMILES string of the molecule is CCOC(=O)Cn1c(=NC(=O)Cc2ccc(Cl)cc2)sc2cc(F)ccc21. The summed E-state index contributed by atoms with van der Waals surface area (Å²) >= 11 is 6.99. The summed E-state index contributed by atoms with van der Waals surface area (Å²) in [4.78, 5) is 28.8. The number of rotatable bonds is 5. The quantitative estimate of drug-likeness (QED) is 0.606. The van der Waals surface area contributed by atoms with E-state index < -0.39 is 11.8 Å². The third-order valence-electron chi connectivity index (χ3n) is 3.73. The molecule has 0 aliphatic rings. The number of nitrogens with zero attached hydrogens (tertiary/aromatic N) is 2. The lowest BCUT2D eigenvalue weighted by atomic mass is 10.1. The summed E-state index contributed by atoms with van der Waals surface area (Å²) in [7, 11) is 0. The first-order valence-corrected chi connectivity index (χ1v) is 9.42. The number of benzene rings is 2. The fourth-order valence-corrected chi connectivity index (χ4v) is 3.74. The third kappa shape index (κ3) is 4.81. The van der Waals surface area contributed by atoms with Crippen LogP contribution in [0.1, 0.15) is 12.5 Å². The summed E-state index contributed by atoms with van der Waals surface area (Å²) in [5.41, 5.74) is 1.39. The summed E-state index contributed by atoms with van der Waals surface area (Å²) in [6, 6.07) is 11.1. The Balaban J connectivity index is 1.97. The Bertz CT molecular complexity index is 1060. The number of hydrogen-bond acceptors (Lipinski definition) is 4. The van der Waals surface area contributed by atoms with Crippen LogP contribution in [0.3, 0.4) is 0 Å². The summed E-state index contributed by atoms with van der Waals surface area (Å²) in [6.45, 7) is 1.86. The highest BCUT2D eigenvalue weighted by Gasteiger charge is 2.13. The van der Waals surface area contributed by atoms with Gasteiger partial charge in [-0.05, 0) is 42.8 Å². The molecule has 0 bridgehead atoms. The molecule has 27 heavy (non-hydrogen) atoms. The van der Waals surface area contributed by atoms with E-state index in [0.29, 0.717) is 20.0 Å². The smallest absolute Gasteiger partial charge is 0.326 e. The molecule has 0 fully saturated rings. The van der Waals surface area contributed by atoms with Crippen molar-refractivity contribution >= 4 is 45.0 Å². The van der Waals surface area contributed by atoms with Crippen molar-refractivity contribution in [3.05, 3.63) is 63.7 Å². The number of amides is 1. The van der Waals surface area contributed by atoms with Crippen LogP contribution in [0.5, 0.6) is 0 Å². The van der Waals surface area contributed by atoms with Crippen LogP contribution >= 0.6 is 22.9 Å². The highest BCUT2D eigenvalue weighted by molar-refractivity contribution is 7.16. The van der Waals surface area contributed by atoms with E-state index in [1.165, 1.54) is 12.1 Å². The van der Waals surface area contributed by atoms with Gasteiger partial charge in [0.25, 0.3) is 5.91 Å². The second-order valence-electron chi connectivity index (χ2n) is 5.70. The van der Waals surface area contributed by atoms with Gasteiger partial charge in [0.15, 0.2) is 4.80 Å². The van der Waals surface area contributed by atoms with Crippen molar-refractivity contribution in [2.45, 2.75) is 19.9 Å². The van der Waals surface area contributed by atoms with Gasteiger partial charge >= 0.3 is 5.97 Å². The van der Waals surface area contributed by atoms with Gasteiger partial charge in [0, 0.05) is 5.02 Å². The summed E-state index contributed by atoms with van der Waals surface area (Å²) < 4.78 is 20.7. The molecular weight excluding hydrogens is 391 g/mol. The number of aromatic nitrogens is 1. The molecule has 5 nitrogen and oxygen atoms in total. The van der Waals surface area contributed by atoms with Crippen LogP contribution in [0.15, 0.2) is 47.5 Å². The number of esters is 1. The summed E-state index contributed by atoms with van der Waals surface area (Å²) in [5, 5.41) is 0.585. The van der Waals surface area contributed by atoms with Crippen LogP contribution in [0.2, 0.25) is 5.02 Å². The molecule has 0 spiro atoms. The molecule has 2 aromatic carbocycles. The average molecular weight is 407 g/mol. The number of ether oxygens (including phenoxy) is 1. The Morgan fingerprint density at radius 2 is 1.96 bits per heavy atom. The van der Waals surface area contributed by atoms with E-state index in [4.69, 9.17) is 16.3 Å². The predicted molar refractivity (Wildman–Crippen MR) is 102 cm³/mol. The minimum atomic E-state index is -0.451. The molecule has 0 aliphatic carbocycles. The Labute approximate surface area is 163 Å². The van der Waals surface area contributed by atoms with Crippen LogP contribution in [-0.2, 0) is 27.3 Å². The molecule has 1 aromatic heterocycles. The number of halogens is 2. The van der Waals surface area contributed by atoms with Crippen LogP contribution in [0.25, 0.3) is 10.2 Å². The molecule has 0 aliphatic heterocycles. The Kier molecular flexibility index (Phi) is 6.03. The van der Waals surface area contributed by atoms with Crippen LogP contribution in [0, 0.1) is 5.82 Å². The molecule has 3 aromatic rings. The number of fused-ring (bicyclic) bond motifs is 1. The number of carbonyl (C=O) groups is 2. The van der Waals surface area contributed by atoms with Crippen molar-refractivity contribution in [1.82, 2.24) is 4.57 Å². The van der Waals surface area contributed by atoms with Crippen molar-refractivity contribution in [2.24, 2.45) is 4.99 Å². The van der Waals surface area contributed by atoms with Crippen molar-refractivity contribution < 1.29 is 18.7 Å². The van der Waals surface area contributed by atoms with Gasteiger partial charge in [0.05, 0.1) is 23.2 Å². The molecule has 1 amide bonds. The number of thiazole rings is 1. The average Bonchev–Trinajstić information content (AvgIpc) is 2.93. The molecule has 0 radical (unpaired) electrons. The second-order valence-corrected chi connectivity index (χ2v) is 7.14. The molecule has 140 valence electrons. The van der Waals surface area contributed by atoms with Gasteiger partial charge in [-0.25, -0.2) is 4.39 Å². The number of hydrogen-bond donors (Lipinski definition) is 0. The van der Waals surface area contributed by atoms with E-state index in [-0.39, 0.29) is 25.5 Å². The van der Waals surface area contributed by atoms with E-state index in [1.807, 2.05) is 0 Å². The fourth-order valence-electron chi connectivity index (χ4n) is 2.54. The molecule has 3 rings (SSSR count). The maximum absolute atomic E-state index is 13.5. The van der Waals surface area contributed by atoms with E-state index in [2.05, 4.69) is 4.99 Å². The third-order valence-corrected chi connectivity index (χ3v) is 5.02. The molecule has 0 unspecified atom stereocenters. The molecule has 0 saturated heterocycles. The molecule has 1 heterocycles. The Morgan fingerprint density at radius 3 is 2.67 bits per heavy atom. The zero-order valence-corrected chi connectivity index (χ0v) is 16.0. The monoisotopic (exact) mass is 406 g/mol. The zero-order valence-electron chi connectivity index (χ0n) is 14.4. The largest absolute Gasteiger partial charge is 0.465 e. The van der Waals surface area contributed by atoms with Crippen LogP contribution in [-0.4, -0.2) is 23.1 Å². The minimum absolute atomic E-state index is 0.0964. The van der Waals surface area contributed by atoms with Gasteiger partial charge in [-0.1, -0.05) is 35.1 Å². The first kappa shape index (κ1) is 19.3. The second kappa shape index (κ2) is 8.45. The predicted octanol–water partition coefficient (Wildman–Crippen LogP) is 3.73. The standard InChI is InChI=1S/C19H16ClFN2O3S/c1-2-26-18(25)11-23-15-8-7-14(21)10-16(15)27-19(23)22-17(24)9-12-3-5-13(20)6-4-12/h3-8,10H,2,9,11H2,1H3. The first-order valence-electron chi connectivity index (χ1n) is 8.23. The zero-order chi connectivity index (χ0) is 19.4. The lowest BCUT2D eigenvalue weighted by Crippen LogP contribution is -2.23. The first-order chi connectivity index (χ1) is 13.0. The van der Waals surface area contributed by atoms with Gasteiger partial charge in [-0.2, -0.15) is 4.99 Å². The lowest BCUT2D eigenvalue weighted by Gasteiger charge is -2.05. The van der Waals surface area contributed by atoms with Gasteiger partial charge in [-0.3, -0.25) is 9.59 Å². The van der Waals surface area contributed by atoms with Crippen LogP contribution < -0.4 is 4.80 Å². The van der Waals surface area contributed by atoms with Crippen LogP contribution in [0.4, 0.5) is 4.39 Å². The molecule has 0 saturated carbocycles. The summed E-state index contributed by atoms with van der Waals surface area (Å²) in [6.07, 6.45) is 0.0964. The van der Waals surface area contributed by atoms with Gasteiger partial charge in [0.1, 0.15) is 12.4 Å². The normalized spacial score (nSPS) is 11.7. The molecular formula is C19H16ClFN2O3S. The molecule has 0 atom stereocenters. The highest BCUT2D eigenvalue weighted by atomic mass is 35.5. The van der Waals surface area contributed by atoms with Gasteiger partial charge in [0.2, 0.25) is 0 Å². The van der Waals surface area contributed by atoms with E-state index in [9.17, 15) is 14.0 Å². The van der Waals surface area contributed by atoms with E-state index >= 15 is 0 Å². The maximum Gasteiger partial charge on any atom is 0.326 e. The summed E-state index contributed by atoms with van der Waals surface area (Å²) in [5.74, 6) is -1.22. The van der Waals surface area contributed by atoms with Crippen molar-refractivity contribution in [3.8, 4) is 0 Å². The molecule has 8 heteroatoms.